The number of aromatic nitrogens is 3. The van der Waals surface area contributed by atoms with Gasteiger partial charge in [-0.1, -0.05) is 48.5 Å². The topological polar surface area (TPSA) is 22.2 Å². The normalized spacial score (nSPS) is 12.4. The Labute approximate surface area is 152 Å². The van der Waals surface area contributed by atoms with Crippen LogP contribution in [0.5, 0.6) is 0 Å². The predicted octanol–water partition coefficient (Wildman–Crippen LogP) is 5.86. The van der Waals surface area contributed by atoms with Crippen LogP contribution in [0.15, 0.2) is 72.8 Å². The molecule has 0 fully saturated rings. The van der Waals surface area contributed by atoms with E-state index in [1.165, 1.54) is 22.2 Å². The smallest absolute Gasteiger partial charge is 0.216 e. The Hall–Kier alpha value is -3.07. The van der Waals surface area contributed by atoms with Crippen LogP contribution >= 0.6 is 0 Å². The van der Waals surface area contributed by atoms with Crippen molar-refractivity contribution in [3.05, 3.63) is 72.8 Å². The molecule has 3 aromatic carbocycles. The van der Waals surface area contributed by atoms with E-state index in [2.05, 4.69) is 96.5 Å². The lowest BCUT2D eigenvalue weighted by atomic mass is 10.1. The maximum atomic E-state index is 5.03. The zero-order valence-corrected chi connectivity index (χ0v) is 15.3. The third-order valence-corrected chi connectivity index (χ3v) is 4.98. The maximum Gasteiger partial charge on any atom is 0.216 e. The standard InChI is InChI=1S/C23H21N3/c1-23(2,3)26-21-12-8-7-11-20(21)25-19-14-13-17(15-18(19)24-22(25)26)16-9-5-4-6-10-16/h4-15H,1-3H3. The van der Waals surface area contributed by atoms with Crippen molar-refractivity contribution >= 4 is 27.8 Å². The summed E-state index contributed by atoms with van der Waals surface area (Å²) in [5.74, 6) is 0.999. The fourth-order valence-electron chi connectivity index (χ4n) is 3.88. The van der Waals surface area contributed by atoms with Crippen molar-refractivity contribution in [2.24, 2.45) is 0 Å². The number of imidazole rings is 2. The lowest BCUT2D eigenvalue weighted by molar-refractivity contribution is 0.419. The van der Waals surface area contributed by atoms with Crippen molar-refractivity contribution in [3.63, 3.8) is 0 Å². The predicted molar refractivity (Wildman–Crippen MR) is 109 cm³/mol. The Balaban J connectivity index is 1.88. The highest BCUT2D eigenvalue weighted by Gasteiger charge is 2.23. The fourth-order valence-corrected chi connectivity index (χ4v) is 3.88. The number of hydrogen-bond donors (Lipinski definition) is 0. The quantitative estimate of drug-likeness (QED) is 0.375. The molecule has 3 heteroatoms. The molecule has 0 saturated carbocycles. The summed E-state index contributed by atoms with van der Waals surface area (Å²) in [5, 5.41) is 0. The van der Waals surface area contributed by atoms with E-state index in [0.29, 0.717) is 0 Å². The van der Waals surface area contributed by atoms with Crippen molar-refractivity contribution in [1.82, 2.24) is 14.0 Å². The van der Waals surface area contributed by atoms with E-state index >= 15 is 0 Å². The van der Waals surface area contributed by atoms with E-state index in [0.717, 1.165) is 16.8 Å². The average molecular weight is 339 g/mol. The SMILES string of the molecule is CC(C)(C)n1c2ccccc2n2c3ccc(-c4ccccc4)cc3nc12. The van der Waals surface area contributed by atoms with E-state index in [1.54, 1.807) is 0 Å². The molecule has 128 valence electrons. The van der Waals surface area contributed by atoms with Gasteiger partial charge in [0, 0.05) is 5.54 Å². The Morgan fingerprint density at radius 3 is 2.12 bits per heavy atom. The van der Waals surface area contributed by atoms with Gasteiger partial charge in [0.15, 0.2) is 0 Å². The molecule has 0 saturated heterocycles. The Bertz CT molecular complexity index is 1250. The van der Waals surface area contributed by atoms with Crippen LogP contribution in [0.1, 0.15) is 20.8 Å². The number of hydrogen-bond acceptors (Lipinski definition) is 1. The molecule has 0 atom stereocenters. The molecule has 3 nitrogen and oxygen atoms in total. The molecular weight excluding hydrogens is 318 g/mol. The van der Waals surface area contributed by atoms with Crippen LogP contribution in [0.2, 0.25) is 0 Å². The summed E-state index contributed by atoms with van der Waals surface area (Å²) in [6.07, 6.45) is 0. The summed E-state index contributed by atoms with van der Waals surface area (Å²) in [7, 11) is 0. The van der Waals surface area contributed by atoms with Gasteiger partial charge in [-0.2, -0.15) is 0 Å². The molecule has 0 N–H and O–H groups in total. The Kier molecular flexibility index (Phi) is 3.05. The second kappa shape index (κ2) is 5.21. The summed E-state index contributed by atoms with van der Waals surface area (Å²) in [6, 6.07) is 25.6. The molecular formula is C23H21N3. The molecule has 5 rings (SSSR count). The first-order valence-corrected chi connectivity index (χ1v) is 9.01. The lowest BCUT2D eigenvalue weighted by Crippen LogP contribution is -2.21. The van der Waals surface area contributed by atoms with E-state index in [4.69, 9.17) is 4.98 Å². The molecule has 5 aromatic rings. The summed E-state index contributed by atoms with van der Waals surface area (Å²) < 4.78 is 4.62. The highest BCUT2D eigenvalue weighted by molar-refractivity contribution is 5.92. The molecule has 0 aliphatic rings. The first kappa shape index (κ1) is 15.2. The molecule has 0 amide bonds. The van der Waals surface area contributed by atoms with Gasteiger partial charge in [0.05, 0.1) is 22.1 Å². The highest BCUT2D eigenvalue weighted by Crippen LogP contribution is 2.32. The van der Waals surface area contributed by atoms with Gasteiger partial charge in [0.1, 0.15) is 0 Å². The van der Waals surface area contributed by atoms with Crippen LogP contribution in [0, 0.1) is 0 Å². The van der Waals surface area contributed by atoms with Crippen molar-refractivity contribution < 1.29 is 0 Å². The van der Waals surface area contributed by atoms with Gasteiger partial charge in [0.2, 0.25) is 5.78 Å². The van der Waals surface area contributed by atoms with Crippen LogP contribution < -0.4 is 0 Å². The van der Waals surface area contributed by atoms with Gasteiger partial charge in [-0.15, -0.1) is 0 Å². The van der Waals surface area contributed by atoms with Crippen molar-refractivity contribution in [2.75, 3.05) is 0 Å². The van der Waals surface area contributed by atoms with Crippen LogP contribution in [-0.4, -0.2) is 14.0 Å². The number of rotatable bonds is 1. The van der Waals surface area contributed by atoms with E-state index in [9.17, 15) is 0 Å². The molecule has 26 heavy (non-hydrogen) atoms. The zero-order valence-electron chi connectivity index (χ0n) is 15.3. The molecule has 0 aliphatic heterocycles. The van der Waals surface area contributed by atoms with E-state index in [-0.39, 0.29) is 5.54 Å². The van der Waals surface area contributed by atoms with E-state index < -0.39 is 0 Å². The Morgan fingerprint density at radius 2 is 1.38 bits per heavy atom. The second-order valence-corrected chi connectivity index (χ2v) is 7.81. The van der Waals surface area contributed by atoms with Gasteiger partial charge in [0.25, 0.3) is 0 Å². The molecule has 0 aliphatic carbocycles. The third-order valence-electron chi connectivity index (χ3n) is 4.98. The number of fused-ring (bicyclic) bond motifs is 5. The molecule has 0 radical (unpaired) electrons. The second-order valence-electron chi connectivity index (χ2n) is 7.81. The third kappa shape index (κ3) is 2.10. The molecule has 2 aromatic heterocycles. The molecule has 0 spiro atoms. The maximum absolute atomic E-state index is 5.03. The Morgan fingerprint density at radius 1 is 0.692 bits per heavy atom. The lowest BCUT2D eigenvalue weighted by Gasteiger charge is -2.22. The van der Waals surface area contributed by atoms with Gasteiger partial charge < -0.3 is 4.57 Å². The minimum absolute atomic E-state index is 0.0476. The minimum Gasteiger partial charge on any atom is -0.304 e. The van der Waals surface area contributed by atoms with Gasteiger partial charge in [-0.3, -0.25) is 4.40 Å². The van der Waals surface area contributed by atoms with Crippen LogP contribution in [0.4, 0.5) is 0 Å². The highest BCUT2D eigenvalue weighted by atomic mass is 15.2. The van der Waals surface area contributed by atoms with Gasteiger partial charge in [-0.25, -0.2) is 4.98 Å². The molecule has 0 unspecified atom stereocenters. The summed E-state index contributed by atoms with van der Waals surface area (Å²) in [4.78, 5) is 5.03. The van der Waals surface area contributed by atoms with Crippen LogP contribution in [-0.2, 0) is 5.54 Å². The van der Waals surface area contributed by atoms with Crippen LogP contribution in [0.25, 0.3) is 39.0 Å². The van der Waals surface area contributed by atoms with Crippen molar-refractivity contribution in [2.45, 2.75) is 26.3 Å². The summed E-state index contributed by atoms with van der Waals surface area (Å²) in [5.41, 5.74) is 6.97. The van der Waals surface area contributed by atoms with Gasteiger partial charge >= 0.3 is 0 Å². The van der Waals surface area contributed by atoms with E-state index in [1.807, 2.05) is 6.07 Å². The first-order valence-electron chi connectivity index (χ1n) is 9.01. The monoisotopic (exact) mass is 339 g/mol. The number of nitrogens with zero attached hydrogens (tertiary/aromatic N) is 3. The van der Waals surface area contributed by atoms with Crippen LogP contribution in [0.3, 0.4) is 0 Å². The zero-order chi connectivity index (χ0) is 17.9. The summed E-state index contributed by atoms with van der Waals surface area (Å²) in [6.45, 7) is 6.69. The summed E-state index contributed by atoms with van der Waals surface area (Å²) >= 11 is 0. The van der Waals surface area contributed by atoms with Gasteiger partial charge in [-0.05, 0) is 56.2 Å². The minimum atomic E-state index is -0.0476. The number of para-hydroxylation sites is 2. The van der Waals surface area contributed by atoms with Crippen molar-refractivity contribution in [3.8, 4) is 11.1 Å². The molecule has 0 bridgehead atoms. The largest absolute Gasteiger partial charge is 0.304 e. The molecule has 2 heterocycles. The first-order chi connectivity index (χ1) is 12.5. The number of benzene rings is 3. The van der Waals surface area contributed by atoms with Crippen molar-refractivity contribution in [1.29, 1.82) is 0 Å². The fraction of sp³-hybridized carbons (Fsp3) is 0.174. The average Bonchev–Trinajstić information content (AvgIpc) is 3.15.